The number of amides is 1. The summed E-state index contributed by atoms with van der Waals surface area (Å²) in [5.41, 5.74) is 3.16. The molecule has 1 aromatic carbocycles. The number of oxazole rings is 1. The van der Waals surface area contributed by atoms with Crippen LogP contribution in [0.25, 0.3) is 11.3 Å². The lowest BCUT2D eigenvalue weighted by atomic mass is 10.1. The average Bonchev–Trinajstić information content (AvgIpc) is 3.09. The molecule has 0 bridgehead atoms. The van der Waals surface area contributed by atoms with E-state index in [1.54, 1.807) is 18.6 Å². The molecule has 24 heavy (non-hydrogen) atoms. The van der Waals surface area contributed by atoms with Gasteiger partial charge in [0.25, 0.3) is 0 Å². The Kier molecular flexibility index (Phi) is 5.01. The summed E-state index contributed by atoms with van der Waals surface area (Å²) in [4.78, 5) is 20.2. The van der Waals surface area contributed by atoms with Crippen LogP contribution < -0.4 is 5.32 Å². The molecule has 3 aromatic rings. The van der Waals surface area contributed by atoms with Gasteiger partial charge in [-0.05, 0) is 18.6 Å². The largest absolute Gasteiger partial charge is 0.441 e. The van der Waals surface area contributed by atoms with Crippen LogP contribution in [0.5, 0.6) is 0 Å². The summed E-state index contributed by atoms with van der Waals surface area (Å²) in [7, 11) is 0. The van der Waals surface area contributed by atoms with Gasteiger partial charge in [0.05, 0.1) is 6.20 Å². The fourth-order valence-electron chi connectivity index (χ4n) is 2.29. The zero-order chi connectivity index (χ0) is 16.8. The van der Waals surface area contributed by atoms with E-state index in [-0.39, 0.29) is 5.91 Å². The Morgan fingerprint density at radius 2 is 2.00 bits per heavy atom. The van der Waals surface area contributed by atoms with Gasteiger partial charge in [-0.2, -0.15) is 0 Å². The van der Waals surface area contributed by atoms with Crippen molar-refractivity contribution in [2.45, 2.75) is 26.3 Å². The molecule has 5 nitrogen and oxygen atoms in total. The lowest BCUT2D eigenvalue weighted by molar-refractivity contribution is -0.121. The average molecular weight is 321 g/mol. The number of carbonyl (C=O) groups is 1. The molecule has 3 rings (SSSR count). The van der Waals surface area contributed by atoms with Crippen molar-refractivity contribution in [2.75, 3.05) is 0 Å². The molecular formula is C19H19N3O2. The van der Waals surface area contributed by atoms with E-state index in [1.165, 1.54) is 5.56 Å². The second-order valence-corrected chi connectivity index (χ2v) is 5.62. The second-order valence-electron chi connectivity index (χ2n) is 5.62. The van der Waals surface area contributed by atoms with Gasteiger partial charge in [0, 0.05) is 37.3 Å². The third-order valence-corrected chi connectivity index (χ3v) is 3.67. The summed E-state index contributed by atoms with van der Waals surface area (Å²) in [5.74, 6) is 1.26. The van der Waals surface area contributed by atoms with Crippen LogP contribution in [0, 0.1) is 6.92 Å². The molecule has 0 aliphatic heterocycles. The van der Waals surface area contributed by atoms with Crippen molar-refractivity contribution < 1.29 is 9.21 Å². The van der Waals surface area contributed by atoms with Crippen LogP contribution in [0.4, 0.5) is 0 Å². The van der Waals surface area contributed by atoms with Crippen molar-refractivity contribution in [1.82, 2.24) is 15.3 Å². The molecule has 5 heteroatoms. The van der Waals surface area contributed by atoms with Crippen LogP contribution >= 0.6 is 0 Å². The number of nitrogens with one attached hydrogen (secondary N) is 1. The molecule has 0 spiro atoms. The lowest BCUT2D eigenvalue weighted by Gasteiger charge is -2.03. The SMILES string of the molecule is Cc1ccc(-c2cnc(CCC(=O)NCc3cccnc3)o2)cc1. The molecule has 1 N–H and O–H groups in total. The molecule has 0 unspecified atom stereocenters. The van der Waals surface area contributed by atoms with Gasteiger partial charge < -0.3 is 9.73 Å². The second kappa shape index (κ2) is 7.55. The minimum absolute atomic E-state index is 0.0334. The first-order valence-electron chi connectivity index (χ1n) is 7.88. The fraction of sp³-hybridized carbons (Fsp3) is 0.211. The highest BCUT2D eigenvalue weighted by atomic mass is 16.4. The monoisotopic (exact) mass is 321 g/mol. The van der Waals surface area contributed by atoms with Gasteiger partial charge in [-0.3, -0.25) is 9.78 Å². The maximum Gasteiger partial charge on any atom is 0.220 e. The zero-order valence-corrected chi connectivity index (χ0v) is 13.5. The molecule has 0 aliphatic carbocycles. The number of rotatable bonds is 6. The minimum Gasteiger partial charge on any atom is -0.441 e. The Morgan fingerprint density at radius 3 is 2.75 bits per heavy atom. The molecule has 0 aliphatic rings. The maximum absolute atomic E-state index is 11.9. The number of hydrogen-bond acceptors (Lipinski definition) is 4. The first-order valence-corrected chi connectivity index (χ1v) is 7.88. The summed E-state index contributed by atoms with van der Waals surface area (Å²) in [6.07, 6.45) is 5.97. The number of aryl methyl sites for hydroxylation is 2. The first-order chi connectivity index (χ1) is 11.7. The van der Waals surface area contributed by atoms with E-state index in [1.807, 2.05) is 43.3 Å². The standard InChI is InChI=1S/C19H19N3O2/c1-14-4-6-16(7-5-14)17-13-22-19(24-17)9-8-18(23)21-12-15-3-2-10-20-11-15/h2-7,10-11,13H,8-9,12H2,1H3,(H,21,23). The van der Waals surface area contributed by atoms with Gasteiger partial charge in [0.1, 0.15) is 0 Å². The van der Waals surface area contributed by atoms with E-state index >= 15 is 0 Å². The summed E-state index contributed by atoms with van der Waals surface area (Å²) >= 11 is 0. The Morgan fingerprint density at radius 1 is 1.17 bits per heavy atom. The highest BCUT2D eigenvalue weighted by Crippen LogP contribution is 2.21. The normalized spacial score (nSPS) is 10.5. The van der Waals surface area contributed by atoms with Gasteiger partial charge in [0.2, 0.25) is 5.91 Å². The van der Waals surface area contributed by atoms with Crippen molar-refractivity contribution in [3.8, 4) is 11.3 Å². The van der Waals surface area contributed by atoms with E-state index in [4.69, 9.17) is 4.42 Å². The van der Waals surface area contributed by atoms with Crippen molar-refractivity contribution in [2.24, 2.45) is 0 Å². The number of carbonyl (C=O) groups excluding carboxylic acids is 1. The lowest BCUT2D eigenvalue weighted by Crippen LogP contribution is -2.23. The highest BCUT2D eigenvalue weighted by molar-refractivity contribution is 5.76. The smallest absolute Gasteiger partial charge is 0.220 e. The molecule has 0 atom stereocenters. The molecule has 0 saturated heterocycles. The molecule has 2 heterocycles. The summed E-state index contributed by atoms with van der Waals surface area (Å²) < 4.78 is 5.72. The van der Waals surface area contributed by atoms with Gasteiger partial charge in [-0.25, -0.2) is 4.98 Å². The summed E-state index contributed by atoms with van der Waals surface area (Å²) in [6.45, 7) is 2.52. The van der Waals surface area contributed by atoms with Crippen molar-refractivity contribution in [3.05, 3.63) is 72.0 Å². The number of aromatic nitrogens is 2. The number of benzene rings is 1. The minimum atomic E-state index is -0.0334. The van der Waals surface area contributed by atoms with E-state index in [0.29, 0.717) is 25.3 Å². The van der Waals surface area contributed by atoms with Gasteiger partial charge >= 0.3 is 0 Å². The number of hydrogen-bond donors (Lipinski definition) is 1. The van der Waals surface area contributed by atoms with Gasteiger partial charge in [-0.15, -0.1) is 0 Å². The van der Waals surface area contributed by atoms with Crippen LogP contribution in [0.1, 0.15) is 23.4 Å². The summed E-state index contributed by atoms with van der Waals surface area (Å²) in [6, 6.07) is 11.8. The Hall–Kier alpha value is -2.95. The van der Waals surface area contributed by atoms with E-state index < -0.39 is 0 Å². The van der Waals surface area contributed by atoms with Crippen LogP contribution in [-0.2, 0) is 17.8 Å². The number of pyridine rings is 1. The quantitative estimate of drug-likeness (QED) is 0.756. The molecule has 0 saturated carbocycles. The van der Waals surface area contributed by atoms with Crippen molar-refractivity contribution in [3.63, 3.8) is 0 Å². The van der Waals surface area contributed by atoms with Gasteiger partial charge in [-0.1, -0.05) is 35.9 Å². The third kappa shape index (κ3) is 4.29. The Bertz CT molecular complexity index is 795. The van der Waals surface area contributed by atoms with E-state index in [9.17, 15) is 4.79 Å². The molecule has 0 radical (unpaired) electrons. The fourth-order valence-corrected chi connectivity index (χ4v) is 2.29. The maximum atomic E-state index is 11.9. The zero-order valence-electron chi connectivity index (χ0n) is 13.5. The van der Waals surface area contributed by atoms with E-state index in [0.717, 1.165) is 16.9 Å². The van der Waals surface area contributed by atoms with Gasteiger partial charge in [0.15, 0.2) is 11.7 Å². The summed E-state index contributed by atoms with van der Waals surface area (Å²) in [5, 5.41) is 2.87. The molecule has 0 fully saturated rings. The number of nitrogens with zero attached hydrogens (tertiary/aromatic N) is 2. The molecule has 2 aromatic heterocycles. The van der Waals surface area contributed by atoms with E-state index in [2.05, 4.69) is 15.3 Å². The van der Waals surface area contributed by atoms with Crippen LogP contribution in [0.3, 0.4) is 0 Å². The molecule has 122 valence electrons. The first kappa shape index (κ1) is 15.9. The Labute approximate surface area is 140 Å². The van der Waals surface area contributed by atoms with Crippen LogP contribution in [0.2, 0.25) is 0 Å². The van der Waals surface area contributed by atoms with Crippen molar-refractivity contribution in [1.29, 1.82) is 0 Å². The molecular weight excluding hydrogens is 302 g/mol. The van der Waals surface area contributed by atoms with Crippen LogP contribution in [-0.4, -0.2) is 15.9 Å². The van der Waals surface area contributed by atoms with Crippen molar-refractivity contribution >= 4 is 5.91 Å². The third-order valence-electron chi connectivity index (χ3n) is 3.67. The topological polar surface area (TPSA) is 68.0 Å². The highest BCUT2D eigenvalue weighted by Gasteiger charge is 2.09. The Balaban J connectivity index is 1.50. The van der Waals surface area contributed by atoms with Crippen LogP contribution in [0.15, 0.2) is 59.4 Å². The predicted molar refractivity (Wildman–Crippen MR) is 91.1 cm³/mol. The predicted octanol–water partition coefficient (Wildman–Crippen LogP) is 3.29. The molecule has 1 amide bonds.